The van der Waals surface area contributed by atoms with E-state index in [4.69, 9.17) is 17.0 Å². The van der Waals surface area contributed by atoms with Gasteiger partial charge in [-0.2, -0.15) is 5.26 Å². The number of nitriles is 1. The van der Waals surface area contributed by atoms with Crippen LogP contribution in [0, 0.1) is 28.6 Å². The molecule has 2 fully saturated rings. The Kier molecular flexibility index (Phi) is 9.24. The topological polar surface area (TPSA) is 196 Å². The van der Waals surface area contributed by atoms with Crippen LogP contribution in [0.3, 0.4) is 0 Å². The van der Waals surface area contributed by atoms with Crippen molar-refractivity contribution in [3.8, 4) is 11.9 Å². The SMILES string of the molecule is N#CN(C(=N)Nc1ccc(Cl)c(S(=O)(=O)N(C(=O)C2CCNC(=O)C2)C2CCNC(=O)C2)c1O)c1cccc(F)c1Br. The summed E-state index contributed by atoms with van der Waals surface area (Å²) in [6, 6.07) is 4.91. The summed E-state index contributed by atoms with van der Waals surface area (Å²) in [5.74, 6) is -5.20. The molecule has 2 unspecified atom stereocenters. The predicted octanol–water partition coefficient (Wildman–Crippen LogP) is 2.60. The molecule has 0 bridgehead atoms. The van der Waals surface area contributed by atoms with Crippen LogP contribution < -0.4 is 20.9 Å². The van der Waals surface area contributed by atoms with Gasteiger partial charge in [-0.1, -0.05) is 17.7 Å². The molecule has 2 heterocycles. The lowest BCUT2D eigenvalue weighted by Gasteiger charge is -2.36. The number of halogens is 3. The van der Waals surface area contributed by atoms with E-state index < -0.39 is 67.1 Å². The van der Waals surface area contributed by atoms with Gasteiger partial charge in [0, 0.05) is 31.8 Å². The van der Waals surface area contributed by atoms with Crippen LogP contribution >= 0.6 is 27.5 Å². The summed E-state index contributed by atoms with van der Waals surface area (Å²) in [4.78, 5) is 37.7. The Balaban J connectivity index is 1.74. The fourth-order valence-corrected chi connectivity index (χ4v) is 7.41. The molecular formula is C25H24BrClFN7O6S. The molecule has 0 radical (unpaired) electrons. The Morgan fingerprint density at radius 1 is 1.17 bits per heavy atom. The van der Waals surface area contributed by atoms with Gasteiger partial charge in [0.1, 0.15) is 10.7 Å². The Hall–Kier alpha value is -3.94. The van der Waals surface area contributed by atoms with Gasteiger partial charge < -0.3 is 21.1 Å². The molecule has 2 aromatic rings. The summed E-state index contributed by atoms with van der Waals surface area (Å²) in [6.45, 7) is 0.241. The zero-order valence-electron chi connectivity index (χ0n) is 21.7. The van der Waals surface area contributed by atoms with Gasteiger partial charge in [-0.05, 0) is 53.0 Å². The number of hydrogen-bond acceptors (Lipinski definition) is 8. The minimum Gasteiger partial charge on any atom is -0.504 e. The molecule has 0 saturated carbocycles. The van der Waals surface area contributed by atoms with Crippen molar-refractivity contribution in [2.24, 2.45) is 5.92 Å². The summed E-state index contributed by atoms with van der Waals surface area (Å²) < 4.78 is 42.7. The number of phenolic OH excluding ortho intramolecular Hbond substituents is 1. The molecule has 2 aromatic carbocycles. The van der Waals surface area contributed by atoms with Crippen LogP contribution in [-0.2, 0) is 24.4 Å². The first kappa shape index (κ1) is 31.0. The number of carbonyl (C=O) groups excluding carboxylic acids is 3. The summed E-state index contributed by atoms with van der Waals surface area (Å²) >= 11 is 9.27. The molecule has 2 aliphatic rings. The van der Waals surface area contributed by atoms with E-state index in [0.29, 0.717) is 9.21 Å². The predicted molar refractivity (Wildman–Crippen MR) is 152 cm³/mol. The lowest BCUT2D eigenvalue weighted by molar-refractivity contribution is -0.138. The largest absolute Gasteiger partial charge is 0.504 e. The lowest BCUT2D eigenvalue weighted by Crippen LogP contribution is -2.53. The Labute approximate surface area is 253 Å². The van der Waals surface area contributed by atoms with Crippen molar-refractivity contribution in [1.82, 2.24) is 14.9 Å². The number of benzene rings is 2. The van der Waals surface area contributed by atoms with E-state index in [1.807, 2.05) is 0 Å². The molecule has 0 aliphatic carbocycles. The van der Waals surface area contributed by atoms with E-state index in [9.17, 15) is 37.6 Å². The highest BCUT2D eigenvalue weighted by Crippen LogP contribution is 2.41. The van der Waals surface area contributed by atoms with E-state index in [0.717, 1.165) is 18.2 Å². The van der Waals surface area contributed by atoms with Crippen LogP contribution in [0.2, 0.25) is 5.02 Å². The monoisotopic (exact) mass is 683 g/mol. The molecule has 4 rings (SSSR count). The van der Waals surface area contributed by atoms with E-state index in [1.54, 1.807) is 6.19 Å². The molecule has 222 valence electrons. The standard InChI is InChI=1S/C25H24BrClFN7O6S/c26-21-16(28)2-1-3-18(21)34(12-29)25(30)33-17-5-4-15(27)23(22(17)38)42(40,41)35(14-7-9-32-20(37)11-14)24(39)13-6-8-31-19(36)10-13/h1-5,13-14,38H,6-11H2,(H2,30,33)(H,31,36)(H,32,37). The fourth-order valence-electron chi connectivity index (χ4n) is 4.70. The van der Waals surface area contributed by atoms with Crippen molar-refractivity contribution in [2.45, 2.75) is 36.6 Å². The molecule has 0 spiro atoms. The number of rotatable bonds is 6. The highest BCUT2D eigenvalue weighted by Gasteiger charge is 2.44. The number of phenols is 1. The van der Waals surface area contributed by atoms with E-state index >= 15 is 0 Å². The Morgan fingerprint density at radius 2 is 1.83 bits per heavy atom. The van der Waals surface area contributed by atoms with Gasteiger partial charge in [-0.25, -0.2) is 22.0 Å². The van der Waals surface area contributed by atoms with Crippen molar-refractivity contribution in [1.29, 1.82) is 10.7 Å². The van der Waals surface area contributed by atoms with Crippen LogP contribution in [0.1, 0.15) is 25.7 Å². The maximum Gasteiger partial charge on any atom is 0.272 e. The van der Waals surface area contributed by atoms with Crippen molar-refractivity contribution in [3.05, 3.63) is 45.6 Å². The van der Waals surface area contributed by atoms with Crippen molar-refractivity contribution < 1.29 is 32.3 Å². The van der Waals surface area contributed by atoms with Gasteiger partial charge >= 0.3 is 0 Å². The maximum absolute atomic E-state index is 14.1. The highest BCUT2D eigenvalue weighted by molar-refractivity contribution is 9.10. The van der Waals surface area contributed by atoms with Gasteiger partial charge in [-0.15, -0.1) is 0 Å². The lowest BCUT2D eigenvalue weighted by atomic mass is 9.95. The summed E-state index contributed by atoms with van der Waals surface area (Å²) in [5.41, 5.74) is -0.429. The third-order valence-corrected chi connectivity index (χ3v) is 9.85. The first-order chi connectivity index (χ1) is 19.9. The van der Waals surface area contributed by atoms with Crippen LogP contribution in [-0.4, -0.2) is 60.6 Å². The third-order valence-electron chi connectivity index (χ3n) is 6.71. The molecule has 42 heavy (non-hydrogen) atoms. The number of guanidine groups is 1. The zero-order chi connectivity index (χ0) is 30.8. The van der Waals surface area contributed by atoms with E-state index in [2.05, 4.69) is 31.9 Å². The number of nitrogens with one attached hydrogen (secondary N) is 4. The molecule has 3 amide bonds. The molecule has 2 atom stereocenters. The minimum atomic E-state index is -4.96. The maximum atomic E-state index is 14.1. The number of hydrogen-bond donors (Lipinski definition) is 5. The van der Waals surface area contributed by atoms with Crippen molar-refractivity contribution in [3.63, 3.8) is 0 Å². The van der Waals surface area contributed by atoms with Crippen LogP contribution in [0.25, 0.3) is 0 Å². The first-order valence-corrected chi connectivity index (χ1v) is 15.1. The van der Waals surface area contributed by atoms with Crippen LogP contribution in [0.5, 0.6) is 5.75 Å². The smallest absolute Gasteiger partial charge is 0.272 e. The average molecular weight is 685 g/mol. The third kappa shape index (κ3) is 6.13. The Morgan fingerprint density at radius 3 is 2.48 bits per heavy atom. The van der Waals surface area contributed by atoms with Crippen LogP contribution in [0.15, 0.2) is 39.7 Å². The van der Waals surface area contributed by atoms with Crippen molar-refractivity contribution >= 4 is 72.6 Å². The Bertz CT molecular complexity index is 1620. The van der Waals surface area contributed by atoms with Gasteiger partial charge in [-0.3, -0.25) is 19.8 Å². The van der Waals surface area contributed by atoms with Crippen LogP contribution in [0.4, 0.5) is 15.8 Å². The summed E-state index contributed by atoms with van der Waals surface area (Å²) in [7, 11) is -4.96. The van der Waals surface area contributed by atoms with E-state index in [-0.39, 0.29) is 54.6 Å². The second kappa shape index (κ2) is 12.5. The number of nitrogens with zero attached hydrogens (tertiary/aromatic N) is 3. The average Bonchev–Trinajstić information content (AvgIpc) is 2.93. The van der Waals surface area contributed by atoms with Crippen molar-refractivity contribution in [2.75, 3.05) is 23.3 Å². The molecule has 5 N–H and O–H groups in total. The molecule has 13 nitrogen and oxygen atoms in total. The summed E-state index contributed by atoms with van der Waals surface area (Å²) in [6.07, 6.45) is 1.34. The number of sulfonamides is 1. The second-order valence-corrected chi connectivity index (χ2v) is 12.4. The first-order valence-electron chi connectivity index (χ1n) is 12.5. The van der Waals surface area contributed by atoms with Gasteiger partial charge in [0.15, 0.2) is 11.9 Å². The number of amides is 3. The summed E-state index contributed by atoms with van der Waals surface area (Å²) in [5, 5.41) is 36.3. The molecular weight excluding hydrogens is 661 g/mol. The van der Waals surface area contributed by atoms with Gasteiger partial charge in [0.05, 0.1) is 26.9 Å². The molecule has 2 saturated heterocycles. The zero-order valence-corrected chi connectivity index (χ0v) is 24.8. The van der Waals surface area contributed by atoms with Gasteiger partial charge in [0.2, 0.25) is 23.7 Å². The van der Waals surface area contributed by atoms with E-state index in [1.165, 1.54) is 12.1 Å². The number of carbonyl (C=O) groups is 3. The fraction of sp³-hybridized carbons (Fsp3) is 0.320. The minimum absolute atomic E-state index is 0.0554. The van der Waals surface area contributed by atoms with Gasteiger partial charge in [0.25, 0.3) is 10.0 Å². The normalized spacial score (nSPS) is 18.7. The number of aromatic hydroxyl groups is 1. The number of piperidine rings is 2. The second-order valence-electron chi connectivity index (χ2n) is 9.43. The molecule has 0 aromatic heterocycles. The quantitative estimate of drug-likeness (QED) is 0.0999. The highest BCUT2D eigenvalue weighted by atomic mass is 79.9. The number of anilines is 2. The molecule has 2 aliphatic heterocycles. The molecule has 17 heteroatoms.